The van der Waals surface area contributed by atoms with Gasteiger partial charge >= 0.3 is 0 Å². The third-order valence-corrected chi connectivity index (χ3v) is 5.16. The third kappa shape index (κ3) is 3.11. The number of thioether (sulfide) groups is 1. The molecule has 1 aromatic carbocycles. The molecule has 1 aliphatic heterocycles. The van der Waals surface area contributed by atoms with Crippen molar-refractivity contribution < 1.29 is 9.18 Å². The van der Waals surface area contributed by atoms with Gasteiger partial charge in [0.15, 0.2) is 0 Å². The summed E-state index contributed by atoms with van der Waals surface area (Å²) in [5.74, 6) is 0.251. The van der Waals surface area contributed by atoms with Crippen LogP contribution in [0.3, 0.4) is 0 Å². The van der Waals surface area contributed by atoms with Gasteiger partial charge in [-0.1, -0.05) is 6.07 Å². The fourth-order valence-electron chi connectivity index (χ4n) is 2.25. The Balaban J connectivity index is 1.86. The van der Waals surface area contributed by atoms with Crippen molar-refractivity contribution in [1.29, 1.82) is 0 Å². The first-order chi connectivity index (χ1) is 10.1. The Hall–Kier alpha value is -1.40. The van der Waals surface area contributed by atoms with Crippen LogP contribution in [0.25, 0.3) is 0 Å². The van der Waals surface area contributed by atoms with Gasteiger partial charge in [0.25, 0.3) is 0 Å². The maximum Gasteiger partial charge on any atom is 0.234 e. The number of halogens is 2. The Kier molecular flexibility index (Phi) is 4.26. The summed E-state index contributed by atoms with van der Waals surface area (Å²) < 4.78 is 13.8. The summed E-state index contributed by atoms with van der Waals surface area (Å²) in [5, 5.41) is -0.0810. The predicted octanol–water partition coefficient (Wildman–Crippen LogP) is 3.76. The van der Waals surface area contributed by atoms with Gasteiger partial charge in [-0.15, -0.1) is 11.8 Å². The Morgan fingerprint density at radius 1 is 1.33 bits per heavy atom. The third-order valence-electron chi connectivity index (χ3n) is 3.30. The van der Waals surface area contributed by atoms with Crippen molar-refractivity contribution in [3.8, 4) is 0 Å². The van der Waals surface area contributed by atoms with Crippen LogP contribution >= 0.6 is 27.7 Å². The average molecular weight is 367 g/mol. The van der Waals surface area contributed by atoms with E-state index in [2.05, 4.69) is 20.9 Å². The van der Waals surface area contributed by atoms with E-state index in [0.29, 0.717) is 16.8 Å². The highest BCUT2D eigenvalue weighted by atomic mass is 79.9. The molecule has 0 radical (unpaired) electrons. The van der Waals surface area contributed by atoms with Gasteiger partial charge in [-0.3, -0.25) is 9.78 Å². The highest BCUT2D eigenvalue weighted by molar-refractivity contribution is 9.10. The zero-order valence-electron chi connectivity index (χ0n) is 11.0. The molecular weight excluding hydrogens is 355 g/mol. The lowest BCUT2D eigenvalue weighted by Crippen LogP contribution is -2.27. The second kappa shape index (κ2) is 6.15. The molecule has 1 saturated heterocycles. The van der Waals surface area contributed by atoms with Crippen LogP contribution in [0.15, 0.2) is 47.2 Å². The van der Waals surface area contributed by atoms with Gasteiger partial charge in [0.05, 0.1) is 10.2 Å². The molecule has 3 rings (SSSR count). The number of aromatic nitrogens is 1. The van der Waals surface area contributed by atoms with Gasteiger partial charge in [0.1, 0.15) is 11.2 Å². The maximum atomic E-state index is 13.4. The molecule has 1 aliphatic rings. The number of carbonyl (C=O) groups is 1. The molecule has 0 spiro atoms. The predicted molar refractivity (Wildman–Crippen MR) is 84.1 cm³/mol. The number of hydrogen-bond donors (Lipinski definition) is 0. The lowest BCUT2D eigenvalue weighted by atomic mass is 10.2. The second-order valence-corrected chi connectivity index (χ2v) is 6.64. The number of hydrogen-bond acceptors (Lipinski definition) is 3. The van der Waals surface area contributed by atoms with Crippen LogP contribution < -0.4 is 0 Å². The highest BCUT2D eigenvalue weighted by Gasteiger charge is 2.33. The zero-order valence-corrected chi connectivity index (χ0v) is 13.4. The summed E-state index contributed by atoms with van der Waals surface area (Å²) in [5.41, 5.74) is 1.96. The van der Waals surface area contributed by atoms with Crippen molar-refractivity contribution in [3.63, 3.8) is 0 Å². The summed E-state index contributed by atoms with van der Waals surface area (Å²) in [4.78, 5) is 17.9. The van der Waals surface area contributed by atoms with Crippen molar-refractivity contribution in [3.05, 3.63) is 64.1 Å². The Morgan fingerprint density at radius 2 is 2.10 bits per heavy atom. The standard InChI is InChI=1S/C15H12BrFN2OS/c16-12-7-11(1-2-13(12)17)15-19(14(20)9-21-15)8-10-3-5-18-6-4-10/h1-7,15H,8-9H2. The minimum atomic E-state index is -0.297. The van der Waals surface area contributed by atoms with Gasteiger partial charge in [0.2, 0.25) is 5.91 Å². The zero-order chi connectivity index (χ0) is 14.8. The van der Waals surface area contributed by atoms with Crippen molar-refractivity contribution >= 4 is 33.6 Å². The molecular formula is C15H12BrFN2OS. The smallest absolute Gasteiger partial charge is 0.234 e. The van der Waals surface area contributed by atoms with Crippen molar-refractivity contribution in [1.82, 2.24) is 9.88 Å². The summed E-state index contributed by atoms with van der Waals surface area (Å²) in [7, 11) is 0. The first-order valence-corrected chi connectivity index (χ1v) is 8.24. The Morgan fingerprint density at radius 3 is 2.81 bits per heavy atom. The molecule has 108 valence electrons. The molecule has 0 saturated carbocycles. The minimum absolute atomic E-state index is 0.0810. The van der Waals surface area contributed by atoms with Crippen molar-refractivity contribution in [2.45, 2.75) is 11.9 Å². The van der Waals surface area contributed by atoms with E-state index >= 15 is 0 Å². The topological polar surface area (TPSA) is 33.2 Å². The number of nitrogens with zero attached hydrogens (tertiary/aromatic N) is 2. The SMILES string of the molecule is O=C1CSC(c2ccc(F)c(Br)c2)N1Cc1ccncc1. The number of pyridine rings is 1. The van der Waals surface area contributed by atoms with Crippen LogP contribution in [0.2, 0.25) is 0 Å². The summed E-state index contributed by atoms with van der Waals surface area (Å²) in [6, 6.07) is 8.69. The summed E-state index contributed by atoms with van der Waals surface area (Å²) in [6.07, 6.45) is 3.43. The average Bonchev–Trinajstić information content (AvgIpc) is 2.85. The van der Waals surface area contributed by atoms with Crippen LogP contribution in [0, 0.1) is 5.82 Å². The number of amides is 1. The quantitative estimate of drug-likeness (QED) is 0.828. The van der Waals surface area contributed by atoms with E-state index in [0.717, 1.165) is 11.1 Å². The second-order valence-electron chi connectivity index (χ2n) is 4.71. The fraction of sp³-hybridized carbons (Fsp3) is 0.200. The largest absolute Gasteiger partial charge is 0.322 e. The lowest BCUT2D eigenvalue weighted by Gasteiger charge is -2.24. The molecule has 1 aromatic heterocycles. The van der Waals surface area contributed by atoms with Crippen LogP contribution in [-0.2, 0) is 11.3 Å². The van der Waals surface area contributed by atoms with E-state index in [1.807, 2.05) is 17.0 Å². The van der Waals surface area contributed by atoms with Gasteiger partial charge in [-0.25, -0.2) is 4.39 Å². The minimum Gasteiger partial charge on any atom is -0.322 e. The Bertz CT molecular complexity index is 668. The normalized spacial score (nSPS) is 18.3. The molecule has 3 nitrogen and oxygen atoms in total. The monoisotopic (exact) mass is 366 g/mol. The highest BCUT2D eigenvalue weighted by Crippen LogP contribution is 2.40. The molecule has 1 unspecified atom stereocenters. The molecule has 1 atom stereocenters. The molecule has 0 aliphatic carbocycles. The molecule has 1 amide bonds. The number of rotatable bonds is 3. The Labute approximate surface area is 134 Å². The number of carbonyl (C=O) groups excluding carboxylic acids is 1. The van der Waals surface area contributed by atoms with Crippen molar-refractivity contribution in [2.24, 2.45) is 0 Å². The van der Waals surface area contributed by atoms with E-state index in [9.17, 15) is 9.18 Å². The molecule has 0 N–H and O–H groups in total. The maximum absolute atomic E-state index is 13.4. The van der Waals surface area contributed by atoms with Crippen LogP contribution in [0.5, 0.6) is 0 Å². The molecule has 2 heterocycles. The van der Waals surface area contributed by atoms with Gasteiger partial charge in [-0.2, -0.15) is 0 Å². The van der Waals surface area contributed by atoms with Gasteiger partial charge < -0.3 is 4.90 Å². The van der Waals surface area contributed by atoms with Crippen LogP contribution in [0.4, 0.5) is 4.39 Å². The molecule has 6 heteroatoms. The van der Waals surface area contributed by atoms with E-state index < -0.39 is 0 Å². The van der Waals surface area contributed by atoms with E-state index in [4.69, 9.17) is 0 Å². The van der Waals surface area contributed by atoms with E-state index in [1.165, 1.54) is 6.07 Å². The molecule has 21 heavy (non-hydrogen) atoms. The first kappa shape index (κ1) is 14.5. The van der Waals surface area contributed by atoms with Gasteiger partial charge in [0, 0.05) is 18.9 Å². The van der Waals surface area contributed by atoms with Gasteiger partial charge in [-0.05, 0) is 51.3 Å². The number of benzene rings is 1. The van der Waals surface area contributed by atoms with Crippen molar-refractivity contribution in [2.75, 3.05) is 5.75 Å². The van der Waals surface area contributed by atoms with Crippen LogP contribution in [-0.4, -0.2) is 21.5 Å². The summed E-state index contributed by atoms with van der Waals surface area (Å²) >= 11 is 4.76. The summed E-state index contributed by atoms with van der Waals surface area (Å²) in [6.45, 7) is 0.536. The fourth-order valence-corrected chi connectivity index (χ4v) is 3.83. The van der Waals surface area contributed by atoms with Crippen LogP contribution in [0.1, 0.15) is 16.5 Å². The molecule has 0 bridgehead atoms. The first-order valence-electron chi connectivity index (χ1n) is 6.40. The molecule has 2 aromatic rings. The van der Waals surface area contributed by atoms with E-state index in [-0.39, 0.29) is 17.1 Å². The molecule has 1 fully saturated rings. The lowest BCUT2D eigenvalue weighted by molar-refractivity contribution is -0.128. The van der Waals surface area contributed by atoms with E-state index in [1.54, 1.807) is 36.3 Å².